The van der Waals surface area contributed by atoms with Crippen LogP contribution in [0.4, 0.5) is 0 Å². The molecule has 1 rings (SSSR count). The summed E-state index contributed by atoms with van der Waals surface area (Å²) in [5.74, 6) is 0.379. The molecule has 4 heteroatoms. The summed E-state index contributed by atoms with van der Waals surface area (Å²) < 4.78 is 0. The zero-order valence-electron chi connectivity index (χ0n) is 10.3. The molecule has 0 aromatic rings. The van der Waals surface area contributed by atoms with Crippen molar-refractivity contribution in [2.75, 3.05) is 6.54 Å². The highest BCUT2D eigenvalue weighted by molar-refractivity contribution is 5.81. The summed E-state index contributed by atoms with van der Waals surface area (Å²) in [5, 5.41) is 13.0. The fraction of sp³-hybridized carbons (Fsp3) is 0.917. The third kappa shape index (κ3) is 3.76. The Labute approximate surface area is 97.6 Å². The van der Waals surface area contributed by atoms with Gasteiger partial charge in [-0.25, -0.2) is 0 Å². The molecule has 0 aromatic heterocycles. The zero-order valence-corrected chi connectivity index (χ0v) is 10.3. The first kappa shape index (κ1) is 13.5. The van der Waals surface area contributed by atoms with Gasteiger partial charge in [0.15, 0.2) is 0 Å². The van der Waals surface area contributed by atoms with Crippen LogP contribution < -0.4 is 11.1 Å². The molecule has 0 aromatic carbocycles. The number of aliphatic hydroxyl groups is 1. The van der Waals surface area contributed by atoms with Gasteiger partial charge >= 0.3 is 0 Å². The van der Waals surface area contributed by atoms with Crippen LogP contribution in [-0.4, -0.2) is 29.2 Å². The SMILES string of the molecule is CC[C@H](N)C(=O)NCC1(O)CCCC(C)C1. The highest BCUT2D eigenvalue weighted by Gasteiger charge is 2.33. The summed E-state index contributed by atoms with van der Waals surface area (Å²) in [4.78, 5) is 11.5. The van der Waals surface area contributed by atoms with Crippen LogP contribution in [0.2, 0.25) is 0 Å². The predicted molar refractivity (Wildman–Crippen MR) is 63.9 cm³/mol. The van der Waals surface area contributed by atoms with Crippen molar-refractivity contribution in [3.63, 3.8) is 0 Å². The average Bonchev–Trinajstić information content (AvgIpc) is 2.24. The molecule has 0 spiro atoms. The minimum absolute atomic E-state index is 0.158. The third-order valence-electron chi connectivity index (χ3n) is 3.44. The maximum absolute atomic E-state index is 11.5. The van der Waals surface area contributed by atoms with Gasteiger partial charge in [-0.1, -0.05) is 26.7 Å². The van der Waals surface area contributed by atoms with Crippen LogP contribution in [0.1, 0.15) is 46.0 Å². The van der Waals surface area contributed by atoms with Crippen LogP contribution in [-0.2, 0) is 4.79 Å². The van der Waals surface area contributed by atoms with E-state index in [1.807, 2.05) is 6.92 Å². The van der Waals surface area contributed by atoms with Crippen LogP contribution in [0, 0.1) is 5.92 Å². The predicted octanol–water partition coefficient (Wildman–Crippen LogP) is 0.781. The molecule has 3 atom stereocenters. The number of amides is 1. The van der Waals surface area contributed by atoms with E-state index in [1.165, 1.54) is 6.42 Å². The zero-order chi connectivity index (χ0) is 12.2. The van der Waals surface area contributed by atoms with Crippen molar-refractivity contribution in [2.24, 2.45) is 11.7 Å². The lowest BCUT2D eigenvalue weighted by molar-refractivity contribution is -0.124. The number of carbonyl (C=O) groups is 1. The molecular weight excluding hydrogens is 204 g/mol. The first-order valence-corrected chi connectivity index (χ1v) is 6.22. The second-order valence-electron chi connectivity index (χ2n) is 5.16. The Bertz CT molecular complexity index is 245. The van der Waals surface area contributed by atoms with Crippen molar-refractivity contribution < 1.29 is 9.90 Å². The number of carbonyl (C=O) groups excluding carboxylic acids is 1. The summed E-state index contributed by atoms with van der Waals surface area (Å²) in [5.41, 5.74) is 4.89. The summed E-state index contributed by atoms with van der Waals surface area (Å²) in [7, 11) is 0. The molecule has 1 fully saturated rings. The van der Waals surface area contributed by atoms with Gasteiger partial charge in [0.05, 0.1) is 11.6 Å². The van der Waals surface area contributed by atoms with Gasteiger partial charge in [-0.3, -0.25) is 4.79 Å². The molecule has 0 aliphatic heterocycles. The summed E-state index contributed by atoms with van der Waals surface area (Å²) >= 11 is 0. The summed E-state index contributed by atoms with van der Waals surface area (Å²) in [6.45, 7) is 4.36. The molecule has 4 N–H and O–H groups in total. The number of nitrogens with two attached hydrogens (primary N) is 1. The molecular formula is C12H24N2O2. The van der Waals surface area contributed by atoms with Crippen LogP contribution >= 0.6 is 0 Å². The summed E-state index contributed by atoms with van der Waals surface area (Å²) in [6, 6.07) is -0.454. The van der Waals surface area contributed by atoms with Crippen LogP contribution in [0.25, 0.3) is 0 Å². The van der Waals surface area contributed by atoms with Gasteiger partial charge < -0.3 is 16.2 Å². The number of hydrogen-bond acceptors (Lipinski definition) is 3. The number of nitrogens with one attached hydrogen (secondary N) is 1. The van der Waals surface area contributed by atoms with E-state index in [-0.39, 0.29) is 5.91 Å². The Morgan fingerprint density at radius 2 is 2.38 bits per heavy atom. The van der Waals surface area contributed by atoms with E-state index in [9.17, 15) is 9.90 Å². The maximum Gasteiger partial charge on any atom is 0.237 e. The molecule has 1 saturated carbocycles. The van der Waals surface area contributed by atoms with Crippen molar-refractivity contribution in [3.8, 4) is 0 Å². The molecule has 0 bridgehead atoms. The lowest BCUT2D eigenvalue weighted by atomic mass is 9.79. The van der Waals surface area contributed by atoms with E-state index in [0.717, 1.165) is 19.3 Å². The van der Waals surface area contributed by atoms with Crippen molar-refractivity contribution in [1.82, 2.24) is 5.32 Å². The molecule has 4 nitrogen and oxygen atoms in total. The van der Waals surface area contributed by atoms with Gasteiger partial charge in [-0.15, -0.1) is 0 Å². The van der Waals surface area contributed by atoms with Gasteiger partial charge in [0.2, 0.25) is 5.91 Å². The lowest BCUT2D eigenvalue weighted by Gasteiger charge is -2.35. The summed E-state index contributed by atoms with van der Waals surface area (Å²) in [6.07, 6.45) is 4.38. The highest BCUT2D eigenvalue weighted by Crippen LogP contribution is 2.31. The molecule has 94 valence electrons. The first-order valence-electron chi connectivity index (χ1n) is 6.22. The van der Waals surface area contributed by atoms with E-state index in [0.29, 0.717) is 18.9 Å². The number of rotatable bonds is 4. The van der Waals surface area contributed by atoms with Gasteiger partial charge in [-0.2, -0.15) is 0 Å². The molecule has 0 heterocycles. The second kappa shape index (κ2) is 5.64. The van der Waals surface area contributed by atoms with Gasteiger partial charge in [0.25, 0.3) is 0 Å². The van der Waals surface area contributed by atoms with E-state index in [4.69, 9.17) is 5.73 Å². The highest BCUT2D eigenvalue weighted by atomic mass is 16.3. The smallest absolute Gasteiger partial charge is 0.237 e. The maximum atomic E-state index is 11.5. The topological polar surface area (TPSA) is 75.4 Å². The minimum Gasteiger partial charge on any atom is -0.388 e. The van der Waals surface area contributed by atoms with E-state index in [2.05, 4.69) is 12.2 Å². The fourth-order valence-corrected chi connectivity index (χ4v) is 2.36. The van der Waals surface area contributed by atoms with E-state index < -0.39 is 11.6 Å². The Hall–Kier alpha value is -0.610. The molecule has 16 heavy (non-hydrogen) atoms. The second-order valence-corrected chi connectivity index (χ2v) is 5.16. The minimum atomic E-state index is -0.721. The monoisotopic (exact) mass is 228 g/mol. The Kier molecular flexibility index (Phi) is 4.74. The van der Waals surface area contributed by atoms with Crippen molar-refractivity contribution in [2.45, 2.75) is 57.6 Å². The van der Waals surface area contributed by atoms with Gasteiger partial charge in [-0.05, 0) is 25.2 Å². The Morgan fingerprint density at radius 3 is 2.94 bits per heavy atom. The van der Waals surface area contributed by atoms with E-state index in [1.54, 1.807) is 0 Å². The van der Waals surface area contributed by atoms with Gasteiger partial charge in [0.1, 0.15) is 0 Å². The average molecular weight is 228 g/mol. The molecule has 1 aliphatic rings. The molecule has 1 amide bonds. The molecule has 0 radical (unpaired) electrons. The molecule has 2 unspecified atom stereocenters. The van der Waals surface area contributed by atoms with Crippen LogP contribution in [0.3, 0.4) is 0 Å². The van der Waals surface area contributed by atoms with Crippen molar-refractivity contribution >= 4 is 5.91 Å². The first-order chi connectivity index (χ1) is 7.47. The third-order valence-corrected chi connectivity index (χ3v) is 3.44. The Balaban J connectivity index is 2.38. The van der Waals surface area contributed by atoms with Gasteiger partial charge in [0, 0.05) is 6.54 Å². The lowest BCUT2D eigenvalue weighted by Crippen LogP contribution is -2.49. The van der Waals surface area contributed by atoms with Crippen LogP contribution in [0.15, 0.2) is 0 Å². The molecule has 1 aliphatic carbocycles. The normalized spacial score (nSPS) is 32.1. The van der Waals surface area contributed by atoms with Crippen molar-refractivity contribution in [1.29, 1.82) is 0 Å². The van der Waals surface area contributed by atoms with E-state index >= 15 is 0 Å². The van der Waals surface area contributed by atoms with Crippen LogP contribution in [0.5, 0.6) is 0 Å². The standard InChI is InChI=1S/C12H24N2O2/c1-3-10(13)11(15)14-8-12(16)6-4-5-9(2)7-12/h9-10,16H,3-8,13H2,1-2H3,(H,14,15)/t9?,10-,12?/m0/s1. The largest absolute Gasteiger partial charge is 0.388 e. The quantitative estimate of drug-likeness (QED) is 0.665. The number of hydrogen-bond donors (Lipinski definition) is 3. The van der Waals surface area contributed by atoms with Crippen molar-refractivity contribution in [3.05, 3.63) is 0 Å². The Morgan fingerprint density at radius 1 is 1.69 bits per heavy atom. The fourth-order valence-electron chi connectivity index (χ4n) is 2.36. The molecule has 0 saturated heterocycles.